The number of halogens is 6. The van der Waals surface area contributed by atoms with Gasteiger partial charge in [-0.15, -0.1) is 0 Å². The quantitative estimate of drug-likeness (QED) is 0.789. The fraction of sp³-hybridized carbons (Fsp3) is 0.333. The molecule has 1 heterocycles. The first-order chi connectivity index (χ1) is 9.10. The molecule has 1 aliphatic rings. The Morgan fingerprint density at radius 3 is 2.15 bits per heavy atom. The second kappa shape index (κ2) is 4.60. The van der Waals surface area contributed by atoms with Gasteiger partial charge in [-0.3, -0.25) is 0 Å². The van der Waals surface area contributed by atoms with Crippen molar-refractivity contribution in [3.8, 4) is 0 Å². The molecule has 20 heavy (non-hydrogen) atoms. The Kier molecular flexibility index (Phi) is 3.35. The third-order valence-electron chi connectivity index (χ3n) is 2.90. The number of rotatable bonds is 1. The molecule has 8 heteroatoms. The van der Waals surface area contributed by atoms with E-state index in [-0.39, 0.29) is 0 Å². The van der Waals surface area contributed by atoms with E-state index in [1.54, 1.807) is 6.92 Å². The lowest BCUT2D eigenvalue weighted by molar-refractivity contribution is -0.141. The van der Waals surface area contributed by atoms with E-state index in [1.807, 2.05) is 0 Å². The second-order valence-corrected chi connectivity index (χ2v) is 4.29. The number of hydrogen-bond donors (Lipinski definition) is 1. The molecule has 110 valence electrons. The third-order valence-corrected chi connectivity index (χ3v) is 2.90. The molecule has 0 saturated carbocycles. The molecule has 0 aromatic heterocycles. The molecule has 0 radical (unpaired) electrons. The van der Waals surface area contributed by atoms with Crippen LogP contribution in [0.25, 0.3) is 0 Å². The first-order valence-corrected chi connectivity index (χ1v) is 5.60. The first kappa shape index (κ1) is 14.5. The summed E-state index contributed by atoms with van der Waals surface area (Å²) >= 11 is 0. The van der Waals surface area contributed by atoms with Crippen molar-refractivity contribution in [2.45, 2.75) is 25.4 Å². The minimum absolute atomic E-state index is 0.435. The Morgan fingerprint density at radius 1 is 1.05 bits per heavy atom. The summed E-state index contributed by atoms with van der Waals surface area (Å²) in [5.74, 6) is 0. The lowest BCUT2D eigenvalue weighted by Gasteiger charge is -2.26. The monoisotopic (exact) mass is 296 g/mol. The van der Waals surface area contributed by atoms with Crippen LogP contribution in [0.4, 0.5) is 32.0 Å². The number of nitrogens with zero attached hydrogens (tertiary/aromatic N) is 1. The predicted octanol–water partition coefficient (Wildman–Crippen LogP) is 3.95. The number of hydrogen-bond acceptors (Lipinski definition) is 2. The Bertz CT molecular complexity index is 532. The molecule has 0 saturated heterocycles. The summed E-state index contributed by atoms with van der Waals surface area (Å²) in [5, 5.41) is 2.70. The number of benzene rings is 1. The van der Waals surface area contributed by atoms with Crippen LogP contribution in [-0.2, 0) is 12.4 Å². The molecule has 0 fully saturated rings. The van der Waals surface area contributed by atoms with E-state index in [1.165, 1.54) is 12.4 Å². The van der Waals surface area contributed by atoms with Crippen molar-refractivity contribution in [3.05, 3.63) is 41.7 Å². The Morgan fingerprint density at radius 2 is 1.70 bits per heavy atom. The van der Waals surface area contributed by atoms with Crippen LogP contribution < -0.4 is 10.2 Å². The smallest absolute Gasteiger partial charge is 0.370 e. The zero-order valence-electron chi connectivity index (χ0n) is 10.2. The van der Waals surface area contributed by atoms with Crippen LogP contribution in [0.15, 0.2) is 30.6 Å². The zero-order valence-corrected chi connectivity index (χ0v) is 10.2. The fourth-order valence-corrected chi connectivity index (χ4v) is 1.92. The molecule has 1 aromatic carbocycles. The standard InChI is InChI=1S/C12H10F6N2/c1-7-19-4-5-20(7)10-6-8(11(13,14)15)2-3-9(10)12(16,17)18/h2-7,19H,1H3. The van der Waals surface area contributed by atoms with E-state index in [2.05, 4.69) is 5.32 Å². The van der Waals surface area contributed by atoms with Gasteiger partial charge < -0.3 is 10.2 Å². The largest absolute Gasteiger partial charge is 0.418 e. The highest BCUT2D eigenvalue weighted by Crippen LogP contribution is 2.41. The van der Waals surface area contributed by atoms with E-state index in [0.717, 1.165) is 4.90 Å². The second-order valence-electron chi connectivity index (χ2n) is 4.29. The minimum Gasteiger partial charge on any atom is -0.370 e. The fourth-order valence-electron chi connectivity index (χ4n) is 1.92. The maximum Gasteiger partial charge on any atom is 0.418 e. The van der Waals surface area contributed by atoms with Crippen molar-refractivity contribution >= 4 is 5.69 Å². The summed E-state index contributed by atoms with van der Waals surface area (Å²) in [4.78, 5) is 1.11. The zero-order chi connectivity index (χ0) is 15.1. The molecule has 1 N–H and O–H groups in total. The normalized spacial score (nSPS) is 19.4. The van der Waals surface area contributed by atoms with Crippen LogP contribution in [-0.4, -0.2) is 6.17 Å². The van der Waals surface area contributed by atoms with Crippen molar-refractivity contribution in [1.29, 1.82) is 0 Å². The SMILES string of the molecule is CC1NC=CN1c1cc(C(F)(F)F)ccc1C(F)(F)F. The lowest BCUT2D eigenvalue weighted by atomic mass is 10.1. The Labute approximate surface area is 110 Å². The van der Waals surface area contributed by atoms with Crippen LogP contribution in [0.3, 0.4) is 0 Å². The number of alkyl halides is 6. The summed E-state index contributed by atoms with van der Waals surface area (Å²) < 4.78 is 76.7. The van der Waals surface area contributed by atoms with Crippen LogP contribution in [0, 0.1) is 0 Å². The molecule has 2 rings (SSSR count). The highest BCUT2D eigenvalue weighted by Gasteiger charge is 2.39. The van der Waals surface area contributed by atoms with Gasteiger partial charge in [-0.2, -0.15) is 26.3 Å². The molecule has 1 aliphatic heterocycles. The van der Waals surface area contributed by atoms with Gasteiger partial charge in [-0.25, -0.2) is 0 Å². The maximum absolute atomic E-state index is 12.9. The summed E-state index contributed by atoms with van der Waals surface area (Å²) in [6.45, 7) is 1.54. The summed E-state index contributed by atoms with van der Waals surface area (Å²) in [6, 6.07) is 1.40. The van der Waals surface area contributed by atoms with Crippen LogP contribution >= 0.6 is 0 Å². The molecule has 0 spiro atoms. The van der Waals surface area contributed by atoms with Crippen LogP contribution in [0.1, 0.15) is 18.1 Å². The molecule has 1 atom stereocenters. The van der Waals surface area contributed by atoms with E-state index < -0.39 is 35.3 Å². The van der Waals surface area contributed by atoms with E-state index in [4.69, 9.17) is 0 Å². The summed E-state index contributed by atoms with van der Waals surface area (Å²) in [5.41, 5.74) is -2.75. The van der Waals surface area contributed by atoms with E-state index >= 15 is 0 Å². The van der Waals surface area contributed by atoms with Crippen molar-refractivity contribution in [3.63, 3.8) is 0 Å². The Hall–Kier alpha value is -1.86. The lowest BCUT2D eigenvalue weighted by Crippen LogP contribution is -2.33. The van der Waals surface area contributed by atoms with Gasteiger partial charge in [0.2, 0.25) is 0 Å². The molecular formula is C12H10F6N2. The van der Waals surface area contributed by atoms with Gasteiger partial charge >= 0.3 is 12.4 Å². The van der Waals surface area contributed by atoms with Gasteiger partial charge in [-0.05, 0) is 25.1 Å². The molecule has 2 nitrogen and oxygen atoms in total. The highest BCUT2D eigenvalue weighted by molar-refractivity contribution is 5.60. The number of anilines is 1. The molecule has 1 unspecified atom stereocenters. The predicted molar refractivity (Wildman–Crippen MR) is 60.7 cm³/mol. The molecule has 0 aliphatic carbocycles. The van der Waals surface area contributed by atoms with Gasteiger partial charge in [0.1, 0.15) is 0 Å². The average molecular weight is 296 g/mol. The molecule has 1 aromatic rings. The van der Waals surface area contributed by atoms with E-state index in [0.29, 0.717) is 18.2 Å². The third kappa shape index (κ3) is 2.68. The topological polar surface area (TPSA) is 15.3 Å². The highest BCUT2D eigenvalue weighted by atomic mass is 19.4. The molecule has 0 bridgehead atoms. The van der Waals surface area contributed by atoms with Crippen LogP contribution in [0.5, 0.6) is 0 Å². The van der Waals surface area contributed by atoms with Crippen molar-refractivity contribution in [2.24, 2.45) is 0 Å². The van der Waals surface area contributed by atoms with Gasteiger partial charge in [-0.1, -0.05) is 0 Å². The minimum atomic E-state index is -4.73. The van der Waals surface area contributed by atoms with Gasteiger partial charge in [0.25, 0.3) is 0 Å². The van der Waals surface area contributed by atoms with Crippen molar-refractivity contribution in [1.82, 2.24) is 5.32 Å². The Balaban J connectivity index is 2.57. The van der Waals surface area contributed by atoms with Gasteiger partial charge in [0.05, 0.1) is 23.0 Å². The summed E-state index contributed by atoms with van der Waals surface area (Å²) in [6.07, 6.45) is -7.32. The van der Waals surface area contributed by atoms with E-state index in [9.17, 15) is 26.3 Å². The van der Waals surface area contributed by atoms with Crippen LogP contribution in [0.2, 0.25) is 0 Å². The number of nitrogens with one attached hydrogen (secondary N) is 1. The maximum atomic E-state index is 12.9. The van der Waals surface area contributed by atoms with Gasteiger partial charge in [0, 0.05) is 12.4 Å². The van der Waals surface area contributed by atoms with Crippen molar-refractivity contribution < 1.29 is 26.3 Å². The molecule has 0 amide bonds. The summed E-state index contributed by atoms with van der Waals surface area (Å²) in [7, 11) is 0. The average Bonchev–Trinajstić information content (AvgIpc) is 2.72. The molecular weight excluding hydrogens is 286 g/mol. The van der Waals surface area contributed by atoms with Crippen molar-refractivity contribution in [2.75, 3.05) is 4.90 Å². The first-order valence-electron chi connectivity index (χ1n) is 5.60. The van der Waals surface area contributed by atoms with Gasteiger partial charge in [0.15, 0.2) is 0 Å².